The summed E-state index contributed by atoms with van der Waals surface area (Å²) < 4.78 is 12.3. The van der Waals surface area contributed by atoms with Gasteiger partial charge in [0.1, 0.15) is 6.26 Å². The van der Waals surface area contributed by atoms with Gasteiger partial charge >= 0.3 is 5.97 Å². The van der Waals surface area contributed by atoms with Crippen molar-refractivity contribution in [2.45, 2.75) is 20.1 Å². The van der Waals surface area contributed by atoms with Crippen LogP contribution in [0.2, 0.25) is 0 Å². The van der Waals surface area contributed by atoms with E-state index in [9.17, 15) is 9.59 Å². The minimum Gasteiger partial charge on any atom is -0.456 e. The molecule has 1 aliphatic heterocycles. The molecule has 7 nitrogen and oxygen atoms in total. The third-order valence-corrected chi connectivity index (χ3v) is 4.10. The van der Waals surface area contributed by atoms with Crippen LogP contribution in [0.4, 0.5) is 0 Å². The molecule has 7 heteroatoms. The molecule has 1 amide bonds. The van der Waals surface area contributed by atoms with Crippen molar-refractivity contribution < 1.29 is 19.1 Å². The third-order valence-electron chi connectivity index (χ3n) is 4.10. The Morgan fingerprint density at radius 1 is 1.32 bits per heavy atom. The molecule has 0 saturated carbocycles. The summed E-state index contributed by atoms with van der Waals surface area (Å²) in [5.74, 6) is -0.697. The molecule has 130 valence electrons. The maximum Gasteiger partial charge on any atom is 0.337 e. The average molecular weight is 341 g/mol. The maximum absolute atomic E-state index is 12.6. The second kappa shape index (κ2) is 6.43. The molecular weight excluding hydrogens is 322 g/mol. The highest BCUT2D eigenvalue weighted by molar-refractivity contribution is 6.14. The van der Waals surface area contributed by atoms with Crippen LogP contribution in [0.3, 0.4) is 0 Å². The zero-order valence-electron chi connectivity index (χ0n) is 14.5. The van der Waals surface area contributed by atoms with Gasteiger partial charge in [0.05, 0.1) is 11.7 Å². The molecule has 0 N–H and O–H groups in total. The predicted molar refractivity (Wildman–Crippen MR) is 92.0 cm³/mol. The maximum atomic E-state index is 12.6. The first-order valence-corrected chi connectivity index (χ1v) is 7.79. The number of esters is 1. The predicted octanol–water partition coefficient (Wildman–Crippen LogP) is 2.16. The van der Waals surface area contributed by atoms with Gasteiger partial charge in [-0.2, -0.15) is 5.10 Å². The molecule has 0 radical (unpaired) electrons. The van der Waals surface area contributed by atoms with E-state index >= 15 is 0 Å². The van der Waals surface area contributed by atoms with Crippen molar-refractivity contribution in [2.24, 2.45) is 0 Å². The number of rotatable bonds is 4. The minimum atomic E-state index is -0.834. The number of hydrogen-bond donors (Lipinski definition) is 0. The number of hydrogen-bond acceptors (Lipinski definition) is 5. The highest BCUT2D eigenvalue weighted by atomic mass is 16.7. The van der Waals surface area contributed by atoms with Crippen LogP contribution >= 0.6 is 0 Å². The molecule has 0 fully saturated rings. The molecular formula is C18H19N3O4. The first kappa shape index (κ1) is 16.8. The van der Waals surface area contributed by atoms with Crippen molar-refractivity contribution in [2.75, 3.05) is 14.1 Å². The number of benzene rings is 1. The lowest BCUT2D eigenvalue weighted by atomic mass is 10.2. The number of ether oxygens (including phenoxy) is 2. The number of likely N-dealkylation sites (N-methyl/N-ethyl adjacent to an activating group) is 1. The number of fused-ring (bicyclic) bond motifs is 1. The van der Waals surface area contributed by atoms with Gasteiger partial charge in [-0.1, -0.05) is 18.2 Å². The summed E-state index contributed by atoms with van der Waals surface area (Å²) in [6.45, 7) is 3.44. The summed E-state index contributed by atoms with van der Waals surface area (Å²) >= 11 is 0. The summed E-state index contributed by atoms with van der Waals surface area (Å²) in [5, 5.41) is 5.20. The Morgan fingerprint density at radius 2 is 2.04 bits per heavy atom. The van der Waals surface area contributed by atoms with Crippen molar-refractivity contribution in [1.82, 2.24) is 14.7 Å². The Balaban J connectivity index is 1.99. The summed E-state index contributed by atoms with van der Waals surface area (Å²) in [6.07, 6.45) is 2.14. The lowest BCUT2D eigenvalue weighted by Gasteiger charge is -2.16. The molecule has 1 atom stereocenters. The van der Waals surface area contributed by atoms with E-state index in [2.05, 4.69) is 5.10 Å². The Kier molecular flexibility index (Phi) is 4.31. The standard InChI is InChI=1S/C18H19N3O4/c1-11-12(2)18(25-17(11)23)24-10-15(16(22)20(3)4)21-14-8-6-5-7-13(14)9-19-21/h5-10,18H,1-4H3/b15-10-. The molecule has 1 aromatic heterocycles. The van der Waals surface area contributed by atoms with Crippen molar-refractivity contribution >= 4 is 28.5 Å². The van der Waals surface area contributed by atoms with Gasteiger partial charge in [-0.15, -0.1) is 0 Å². The van der Waals surface area contributed by atoms with E-state index in [4.69, 9.17) is 9.47 Å². The quantitative estimate of drug-likeness (QED) is 0.484. The van der Waals surface area contributed by atoms with Gasteiger partial charge in [0.15, 0.2) is 5.70 Å². The van der Waals surface area contributed by atoms with Crippen LogP contribution in [0, 0.1) is 0 Å². The number of nitrogens with zero attached hydrogens (tertiary/aromatic N) is 3. The molecule has 0 spiro atoms. The lowest BCUT2D eigenvalue weighted by Crippen LogP contribution is -2.26. The Labute approximate surface area is 145 Å². The fourth-order valence-corrected chi connectivity index (χ4v) is 2.45. The summed E-state index contributed by atoms with van der Waals surface area (Å²) in [7, 11) is 3.29. The van der Waals surface area contributed by atoms with E-state index in [1.54, 1.807) is 34.1 Å². The van der Waals surface area contributed by atoms with E-state index in [1.165, 1.54) is 15.8 Å². The molecule has 0 saturated heterocycles. The second-order valence-electron chi connectivity index (χ2n) is 6.00. The SMILES string of the molecule is CC1=C(C)C(O/C=C(/C(=O)N(C)C)n2ncc3ccccc32)OC1=O. The van der Waals surface area contributed by atoms with E-state index in [0.29, 0.717) is 11.1 Å². The fraction of sp³-hybridized carbons (Fsp3) is 0.278. The number of carbonyl (C=O) groups excluding carboxylic acids is 2. The van der Waals surface area contributed by atoms with Gasteiger partial charge in [0.25, 0.3) is 12.2 Å². The van der Waals surface area contributed by atoms with Gasteiger partial charge in [0, 0.05) is 30.6 Å². The molecule has 2 heterocycles. The van der Waals surface area contributed by atoms with Crippen LogP contribution in [0.25, 0.3) is 16.6 Å². The number of carbonyl (C=O) groups is 2. The van der Waals surface area contributed by atoms with Crippen molar-refractivity contribution in [1.29, 1.82) is 0 Å². The minimum absolute atomic E-state index is 0.222. The topological polar surface area (TPSA) is 73.7 Å². The van der Waals surface area contributed by atoms with E-state index in [0.717, 1.165) is 10.9 Å². The van der Waals surface area contributed by atoms with Gasteiger partial charge in [-0.3, -0.25) is 4.79 Å². The molecule has 0 bridgehead atoms. The molecule has 25 heavy (non-hydrogen) atoms. The first-order chi connectivity index (χ1) is 11.9. The molecule has 3 rings (SSSR count). The molecule has 1 aromatic carbocycles. The lowest BCUT2D eigenvalue weighted by molar-refractivity contribution is -0.152. The summed E-state index contributed by atoms with van der Waals surface area (Å²) in [6, 6.07) is 7.54. The van der Waals surface area contributed by atoms with Crippen LogP contribution in [0.5, 0.6) is 0 Å². The zero-order valence-corrected chi connectivity index (χ0v) is 14.5. The monoisotopic (exact) mass is 341 g/mol. The highest BCUT2D eigenvalue weighted by Crippen LogP contribution is 2.24. The van der Waals surface area contributed by atoms with Crippen LogP contribution in [-0.4, -0.2) is 46.9 Å². The van der Waals surface area contributed by atoms with Gasteiger partial charge in [-0.05, 0) is 19.9 Å². The number of para-hydroxylation sites is 1. The van der Waals surface area contributed by atoms with Crippen LogP contribution in [0.1, 0.15) is 13.8 Å². The van der Waals surface area contributed by atoms with Crippen molar-refractivity contribution in [3.05, 3.63) is 47.9 Å². The Morgan fingerprint density at radius 3 is 2.68 bits per heavy atom. The molecule has 2 aromatic rings. The van der Waals surface area contributed by atoms with Crippen molar-refractivity contribution in [3.63, 3.8) is 0 Å². The first-order valence-electron chi connectivity index (χ1n) is 7.79. The zero-order chi connectivity index (χ0) is 18.1. The molecule has 1 aliphatic rings. The Bertz CT molecular complexity index is 908. The second-order valence-corrected chi connectivity index (χ2v) is 6.00. The fourth-order valence-electron chi connectivity index (χ4n) is 2.45. The molecule has 1 unspecified atom stereocenters. The normalized spacial score (nSPS) is 17.8. The molecule has 0 aliphatic carbocycles. The van der Waals surface area contributed by atoms with Crippen LogP contribution in [0.15, 0.2) is 47.9 Å². The smallest absolute Gasteiger partial charge is 0.337 e. The third kappa shape index (κ3) is 3.00. The largest absolute Gasteiger partial charge is 0.456 e. The summed E-state index contributed by atoms with van der Waals surface area (Å²) in [5.41, 5.74) is 2.20. The number of aromatic nitrogens is 2. The number of amides is 1. The van der Waals surface area contributed by atoms with Gasteiger partial charge in [0.2, 0.25) is 0 Å². The van der Waals surface area contributed by atoms with Gasteiger partial charge < -0.3 is 14.4 Å². The van der Waals surface area contributed by atoms with Crippen LogP contribution < -0.4 is 0 Å². The highest BCUT2D eigenvalue weighted by Gasteiger charge is 2.30. The van der Waals surface area contributed by atoms with Crippen molar-refractivity contribution in [3.8, 4) is 0 Å². The average Bonchev–Trinajstić information content (AvgIpc) is 3.12. The number of cyclic esters (lactones) is 1. The van der Waals surface area contributed by atoms with E-state index < -0.39 is 12.3 Å². The van der Waals surface area contributed by atoms with Crippen LogP contribution in [-0.2, 0) is 19.1 Å². The van der Waals surface area contributed by atoms with E-state index in [1.807, 2.05) is 24.3 Å². The van der Waals surface area contributed by atoms with E-state index in [-0.39, 0.29) is 11.6 Å². The van der Waals surface area contributed by atoms with Gasteiger partial charge in [-0.25, -0.2) is 9.48 Å². The summed E-state index contributed by atoms with van der Waals surface area (Å²) in [4.78, 5) is 25.6. The Hall–Kier alpha value is -3.09.